The topological polar surface area (TPSA) is 147 Å². The van der Waals surface area contributed by atoms with Gasteiger partial charge >= 0.3 is 5.97 Å². The molecule has 210 valence electrons. The number of nitrogens with zero attached hydrogens (tertiary/aromatic N) is 2. The lowest BCUT2D eigenvalue weighted by atomic mass is 9.83. The summed E-state index contributed by atoms with van der Waals surface area (Å²) in [7, 11) is 1.54. The number of non-ortho nitro benzene ring substituents is 1. The maximum atomic E-state index is 12.6. The van der Waals surface area contributed by atoms with Crippen LogP contribution in [0.25, 0.3) is 0 Å². The highest BCUT2D eigenvalue weighted by atomic mass is 16.6. The van der Waals surface area contributed by atoms with Crippen LogP contribution in [-0.2, 0) is 6.61 Å². The first-order valence-corrected chi connectivity index (χ1v) is 12.8. The van der Waals surface area contributed by atoms with Gasteiger partial charge in [-0.3, -0.25) is 10.1 Å². The number of nitrogens with two attached hydrogens (primary N) is 1. The van der Waals surface area contributed by atoms with Gasteiger partial charge in [0.1, 0.15) is 29.7 Å². The minimum Gasteiger partial charge on any atom is -0.493 e. The van der Waals surface area contributed by atoms with Crippen LogP contribution < -0.4 is 24.7 Å². The zero-order valence-corrected chi connectivity index (χ0v) is 22.7. The van der Waals surface area contributed by atoms with Crippen LogP contribution in [0.1, 0.15) is 38.5 Å². The fourth-order valence-corrected chi connectivity index (χ4v) is 4.56. The summed E-state index contributed by atoms with van der Waals surface area (Å²) in [5.74, 6) is 0.135. The summed E-state index contributed by atoms with van der Waals surface area (Å²) in [5.41, 5.74) is 9.89. The number of allylic oxidation sites excluding steroid dienone is 1. The lowest BCUT2D eigenvalue weighted by molar-refractivity contribution is -0.384. The summed E-state index contributed by atoms with van der Waals surface area (Å²) in [6.07, 6.45) is 0. The maximum absolute atomic E-state index is 12.6. The number of ether oxygens (including phenoxy) is 4. The number of hydrogen-bond donors (Lipinski definition) is 1. The molecule has 10 heteroatoms. The molecule has 4 aromatic rings. The fraction of sp³-hybridized carbons (Fsp3) is 0.125. The van der Waals surface area contributed by atoms with Crippen LogP contribution in [0.2, 0.25) is 0 Å². The molecule has 1 heterocycles. The van der Waals surface area contributed by atoms with Crippen molar-refractivity contribution in [3.8, 4) is 29.1 Å². The van der Waals surface area contributed by atoms with Crippen LogP contribution in [0.5, 0.6) is 23.0 Å². The van der Waals surface area contributed by atoms with Gasteiger partial charge in [-0.15, -0.1) is 0 Å². The van der Waals surface area contributed by atoms with Crippen molar-refractivity contribution < 1.29 is 28.7 Å². The molecule has 0 saturated carbocycles. The number of aryl methyl sites for hydroxylation is 1. The lowest BCUT2D eigenvalue weighted by Gasteiger charge is -2.27. The summed E-state index contributed by atoms with van der Waals surface area (Å²) < 4.78 is 22.8. The van der Waals surface area contributed by atoms with Crippen molar-refractivity contribution in [2.75, 3.05) is 7.11 Å². The number of nitro groups is 1. The molecule has 0 spiro atoms. The minimum atomic E-state index is -0.704. The van der Waals surface area contributed by atoms with E-state index in [1.54, 1.807) is 24.3 Å². The van der Waals surface area contributed by atoms with E-state index in [9.17, 15) is 20.2 Å². The molecule has 0 aliphatic carbocycles. The van der Waals surface area contributed by atoms with E-state index in [0.717, 1.165) is 11.1 Å². The van der Waals surface area contributed by atoms with Gasteiger partial charge in [-0.25, -0.2) is 4.79 Å². The van der Waals surface area contributed by atoms with Crippen molar-refractivity contribution in [2.24, 2.45) is 5.73 Å². The first-order chi connectivity index (χ1) is 20.3. The number of carbonyl (C=O) groups is 1. The summed E-state index contributed by atoms with van der Waals surface area (Å²) in [5, 5.41) is 20.8. The first-order valence-electron chi connectivity index (χ1n) is 12.8. The normalized spacial score (nSPS) is 13.8. The molecule has 0 fully saturated rings. The van der Waals surface area contributed by atoms with Gasteiger partial charge in [0.25, 0.3) is 5.69 Å². The third-order valence-electron chi connectivity index (χ3n) is 6.75. The summed E-state index contributed by atoms with van der Waals surface area (Å²) in [6, 6.07) is 25.4. The van der Waals surface area contributed by atoms with E-state index in [2.05, 4.69) is 6.07 Å². The Balaban J connectivity index is 1.41. The quantitative estimate of drug-likeness (QED) is 0.119. The number of nitriles is 1. The number of hydrogen-bond acceptors (Lipinski definition) is 9. The lowest BCUT2D eigenvalue weighted by Crippen LogP contribution is -2.21. The van der Waals surface area contributed by atoms with E-state index in [0.29, 0.717) is 35.0 Å². The molecule has 1 aliphatic heterocycles. The Morgan fingerprint density at radius 3 is 2.43 bits per heavy atom. The molecule has 0 aromatic heterocycles. The van der Waals surface area contributed by atoms with Gasteiger partial charge in [-0.2, -0.15) is 5.26 Å². The molecule has 0 amide bonds. The highest BCUT2D eigenvalue weighted by Gasteiger charge is 2.32. The van der Waals surface area contributed by atoms with Crippen LogP contribution in [-0.4, -0.2) is 18.0 Å². The number of carbonyl (C=O) groups excluding carboxylic acids is 1. The zero-order chi connectivity index (χ0) is 29.8. The Morgan fingerprint density at radius 2 is 1.76 bits per heavy atom. The molecule has 5 rings (SSSR count). The van der Waals surface area contributed by atoms with Crippen LogP contribution in [0, 0.1) is 28.4 Å². The average Bonchev–Trinajstić information content (AvgIpc) is 3.00. The smallest absolute Gasteiger partial charge is 0.343 e. The highest BCUT2D eigenvalue weighted by Crippen LogP contribution is 2.45. The predicted octanol–water partition coefficient (Wildman–Crippen LogP) is 5.93. The number of nitro benzene ring substituents is 1. The molecule has 10 nitrogen and oxygen atoms in total. The number of rotatable bonds is 8. The second-order valence-corrected chi connectivity index (χ2v) is 9.50. The molecule has 1 atom stereocenters. The summed E-state index contributed by atoms with van der Waals surface area (Å²) >= 11 is 0. The van der Waals surface area contributed by atoms with E-state index in [-0.39, 0.29) is 28.5 Å². The largest absolute Gasteiger partial charge is 0.493 e. The minimum absolute atomic E-state index is 0.0764. The van der Waals surface area contributed by atoms with Crippen molar-refractivity contribution in [3.63, 3.8) is 0 Å². The molecule has 4 aromatic carbocycles. The van der Waals surface area contributed by atoms with Crippen molar-refractivity contribution in [1.82, 2.24) is 0 Å². The number of benzene rings is 4. The van der Waals surface area contributed by atoms with Crippen molar-refractivity contribution in [2.45, 2.75) is 19.4 Å². The number of fused-ring (bicyclic) bond motifs is 1. The van der Waals surface area contributed by atoms with E-state index < -0.39 is 16.8 Å². The monoisotopic (exact) mass is 563 g/mol. The van der Waals surface area contributed by atoms with Gasteiger partial charge in [0, 0.05) is 23.8 Å². The van der Waals surface area contributed by atoms with E-state index in [4.69, 9.17) is 24.7 Å². The SMILES string of the molecule is COc1cc(C2C(C#N)=C(N)Oc3cc(OC(=O)c4ccc([N+](=O)[O-])cc4)ccc32)ccc1OCc1ccc(C)cc1. The van der Waals surface area contributed by atoms with Gasteiger partial charge in [0.2, 0.25) is 5.88 Å². The molecule has 0 radical (unpaired) electrons. The molecular weight excluding hydrogens is 538 g/mol. The molecule has 1 unspecified atom stereocenters. The van der Waals surface area contributed by atoms with Crippen LogP contribution in [0.4, 0.5) is 5.69 Å². The zero-order valence-electron chi connectivity index (χ0n) is 22.7. The molecular formula is C32H25N3O7. The third kappa shape index (κ3) is 5.71. The summed E-state index contributed by atoms with van der Waals surface area (Å²) in [4.78, 5) is 23.0. The molecule has 0 bridgehead atoms. The Hall–Kier alpha value is -5.82. The number of esters is 1. The second kappa shape index (κ2) is 11.7. The Kier molecular flexibility index (Phi) is 7.75. The predicted molar refractivity (Wildman–Crippen MR) is 152 cm³/mol. The van der Waals surface area contributed by atoms with Crippen molar-refractivity contribution in [1.29, 1.82) is 5.26 Å². The van der Waals surface area contributed by atoms with Gasteiger partial charge < -0.3 is 24.7 Å². The Morgan fingerprint density at radius 1 is 1.02 bits per heavy atom. The van der Waals surface area contributed by atoms with Crippen LogP contribution in [0.15, 0.2) is 96.4 Å². The Labute approximate surface area is 241 Å². The molecule has 1 aliphatic rings. The highest BCUT2D eigenvalue weighted by molar-refractivity contribution is 5.91. The van der Waals surface area contributed by atoms with Crippen LogP contribution >= 0.6 is 0 Å². The first kappa shape index (κ1) is 27.7. The van der Waals surface area contributed by atoms with E-state index >= 15 is 0 Å². The van der Waals surface area contributed by atoms with Crippen molar-refractivity contribution >= 4 is 11.7 Å². The van der Waals surface area contributed by atoms with Gasteiger partial charge in [-0.05, 0) is 48.4 Å². The van der Waals surface area contributed by atoms with Gasteiger partial charge in [0.05, 0.1) is 23.5 Å². The van der Waals surface area contributed by atoms with Gasteiger partial charge in [-0.1, -0.05) is 42.0 Å². The molecule has 2 N–H and O–H groups in total. The van der Waals surface area contributed by atoms with Gasteiger partial charge in [0.15, 0.2) is 11.5 Å². The third-order valence-corrected chi connectivity index (χ3v) is 6.75. The number of methoxy groups -OCH3 is 1. The fourth-order valence-electron chi connectivity index (χ4n) is 4.56. The Bertz CT molecular complexity index is 1740. The standard InChI is InChI=1S/C32H25N3O7/c1-19-3-5-20(6-4-19)18-40-27-14-9-22(15-29(27)39-2)30-25-13-12-24(16-28(25)42-31(34)26(30)17-33)41-32(36)21-7-10-23(11-8-21)35(37)38/h3-16,30H,18,34H2,1-2H3. The second-order valence-electron chi connectivity index (χ2n) is 9.50. The summed E-state index contributed by atoms with van der Waals surface area (Å²) in [6.45, 7) is 2.38. The molecule has 42 heavy (non-hydrogen) atoms. The average molecular weight is 564 g/mol. The van der Waals surface area contributed by atoms with E-state index in [1.807, 2.05) is 37.3 Å². The van der Waals surface area contributed by atoms with Crippen molar-refractivity contribution in [3.05, 3.63) is 134 Å². The van der Waals surface area contributed by atoms with E-state index in [1.165, 1.54) is 37.4 Å². The molecule has 0 saturated heterocycles. The van der Waals surface area contributed by atoms with Crippen LogP contribution in [0.3, 0.4) is 0 Å². The maximum Gasteiger partial charge on any atom is 0.343 e.